The number of hydrogen-bond donors (Lipinski definition) is 3. The molecule has 4 saturated heterocycles. The van der Waals surface area contributed by atoms with E-state index in [1.807, 2.05) is 25.8 Å². The van der Waals surface area contributed by atoms with Crippen LogP contribution in [0.4, 0.5) is 4.39 Å². The fourth-order valence-electron chi connectivity index (χ4n) is 12.5. The van der Waals surface area contributed by atoms with Gasteiger partial charge in [0, 0.05) is 88.9 Å². The van der Waals surface area contributed by atoms with E-state index >= 15 is 0 Å². The molecule has 4 aliphatic rings. The Morgan fingerprint density at radius 3 is 2.21 bits per heavy atom. The lowest BCUT2D eigenvalue weighted by Crippen LogP contribution is -2.66. The fourth-order valence-corrected chi connectivity index (χ4v) is 13.1. The maximum atomic E-state index is 14.8. The molecule has 6 rings (SSSR count). The Hall–Kier alpha value is -3.55. The number of esters is 2. The van der Waals surface area contributed by atoms with Crippen molar-refractivity contribution in [2.45, 2.75) is 196 Å². The number of ether oxygens (including phenoxy) is 8. The maximum Gasteiger partial charge on any atom is 0.309 e. The normalized spacial score (nSPS) is 39.3. The number of aliphatic hydroxyl groups excluding tert-OH is 2. The SMILES string of the molecule is CC[C@H]1OC(=O)[C@H](C)[C@@H](C2C[C@@](C)(OC)[C@@H](O)[C@H](C)O2)[C@H](N)[C@@H](O[C@@H]2O[C@H](C)C[C@H](N(C)CCc3cn([C@H](CF)[C@H](OC)c4ccc(S(C)(=O)=O)cc4)nn3)[C@H]2O)[C@](C)(OC)C[C@@H](C)C(=O)[C@H](C)[C@H]2CC(=O)O[C@@]21C. The van der Waals surface area contributed by atoms with Gasteiger partial charge in [-0.25, -0.2) is 17.5 Å². The van der Waals surface area contributed by atoms with Gasteiger partial charge in [0.1, 0.15) is 54.6 Å². The van der Waals surface area contributed by atoms with E-state index in [1.165, 1.54) is 38.1 Å². The van der Waals surface area contributed by atoms with E-state index < -0.39 is 148 Å². The number of likely N-dealkylation sites (N-methyl/N-ethyl adjacent to an activating group) is 1. The summed E-state index contributed by atoms with van der Waals surface area (Å²) in [6.07, 6.45) is -4.75. The number of methoxy groups -OCH3 is 3. The summed E-state index contributed by atoms with van der Waals surface area (Å²) < 4.78 is 90.8. The quantitative estimate of drug-likeness (QED) is 0.200. The minimum atomic E-state index is -3.45. The summed E-state index contributed by atoms with van der Waals surface area (Å²) in [6, 6.07) is 3.45. The van der Waals surface area contributed by atoms with Crippen molar-refractivity contribution in [3.63, 3.8) is 0 Å². The largest absolute Gasteiger partial charge is 0.458 e. The van der Waals surface area contributed by atoms with E-state index in [4.69, 9.17) is 43.6 Å². The van der Waals surface area contributed by atoms with Crippen LogP contribution in [-0.4, -0.2) is 182 Å². The Morgan fingerprint density at radius 1 is 0.973 bits per heavy atom. The van der Waals surface area contributed by atoms with Gasteiger partial charge in [-0.05, 0) is 78.6 Å². The Morgan fingerprint density at radius 2 is 1.63 bits per heavy atom. The Bertz CT molecular complexity index is 2380. The molecule has 1 aromatic carbocycles. The number of alkyl halides is 1. The van der Waals surface area contributed by atoms with E-state index in [0.717, 1.165) is 6.26 Å². The number of fused-ring (bicyclic) bond motifs is 1. The predicted octanol–water partition coefficient (Wildman–Crippen LogP) is 4.12. The molecule has 0 aliphatic carbocycles. The molecule has 1 aromatic heterocycles. The number of ketones is 1. The molecule has 0 saturated carbocycles. The summed E-state index contributed by atoms with van der Waals surface area (Å²) in [5, 5.41) is 32.3. The van der Waals surface area contributed by atoms with Crippen molar-refractivity contribution in [3.05, 3.63) is 41.7 Å². The van der Waals surface area contributed by atoms with Crippen molar-refractivity contribution in [2.24, 2.45) is 35.3 Å². The molecule has 22 heteroatoms. The van der Waals surface area contributed by atoms with Gasteiger partial charge in [0.25, 0.3) is 0 Å². The van der Waals surface area contributed by atoms with E-state index in [2.05, 4.69) is 10.3 Å². The van der Waals surface area contributed by atoms with Crippen molar-refractivity contribution in [1.29, 1.82) is 0 Å². The van der Waals surface area contributed by atoms with Crippen LogP contribution in [0.15, 0.2) is 35.4 Å². The second kappa shape index (κ2) is 24.2. The molecular weight excluding hydrogens is 998 g/mol. The minimum Gasteiger partial charge on any atom is -0.458 e. The summed E-state index contributed by atoms with van der Waals surface area (Å²) in [6.45, 7) is 15.4. The third kappa shape index (κ3) is 12.7. The Labute approximate surface area is 442 Å². The first-order chi connectivity index (χ1) is 35.1. The number of sulfone groups is 1. The van der Waals surface area contributed by atoms with Gasteiger partial charge in [0.15, 0.2) is 16.1 Å². The van der Waals surface area contributed by atoms with Crippen LogP contribution in [0.3, 0.4) is 0 Å². The number of aliphatic hydroxyl groups is 2. The van der Waals surface area contributed by atoms with E-state index in [-0.39, 0.29) is 36.4 Å². The van der Waals surface area contributed by atoms with Gasteiger partial charge in [-0.3, -0.25) is 14.4 Å². The molecule has 0 amide bonds. The number of rotatable bonds is 16. The molecule has 0 spiro atoms. The number of nitrogens with two attached hydrogens (primary N) is 1. The molecule has 4 aliphatic heterocycles. The van der Waals surface area contributed by atoms with Crippen LogP contribution in [0.5, 0.6) is 0 Å². The average Bonchev–Trinajstić information content (AvgIpc) is 3.97. The lowest BCUT2D eigenvalue weighted by atomic mass is 9.69. The minimum absolute atomic E-state index is 0.0430. The highest BCUT2D eigenvalue weighted by Gasteiger charge is 2.59. The molecule has 4 N–H and O–H groups in total. The van der Waals surface area contributed by atoms with E-state index in [9.17, 15) is 37.4 Å². The Kier molecular flexibility index (Phi) is 19.6. The maximum absolute atomic E-state index is 14.8. The highest BCUT2D eigenvalue weighted by molar-refractivity contribution is 7.90. The highest BCUT2D eigenvalue weighted by atomic mass is 32.2. The number of carbonyl (C=O) groups excluding carboxylic acids is 3. The third-order valence-corrected chi connectivity index (χ3v) is 18.4. The van der Waals surface area contributed by atoms with Crippen LogP contribution in [-0.2, 0) is 68.5 Å². The van der Waals surface area contributed by atoms with Crippen molar-refractivity contribution < 1.29 is 75.3 Å². The zero-order valence-electron chi connectivity index (χ0n) is 46.2. The lowest BCUT2D eigenvalue weighted by Gasteiger charge is -2.52. The smallest absolute Gasteiger partial charge is 0.309 e. The van der Waals surface area contributed by atoms with Crippen LogP contribution in [0.2, 0.25) is 0 Å². The molecule has 1 unspecified atom stereocenters. The zero-order valence-corrected chi connectivity index (χ0v) is 47.0. The first-order valence-corrected chi connectivity index (χ1v) is 28.1. The number of hydrogen-bond acceptors (Lipinski definition) is 19. The summed E-state index contributed by atoms with van der Waals surface area (Å²) in [5.41, 5.74) is 4.82. The first kappa shape index (κ1) is 60.7. The van der Waals surface area contributed by atoms with Gasteiger partial charge < -0.3 is 58.7 Å². The summed E-state index contributed by atoms with van der Waals surface area (Å²) in [7, 11) is 2.83. The van der Waals surface area contributed by atoms with Crippen molar-refractivity contribution in [3.8, 4) is 0 Å². The van der Waals surface area contributed by atoms with Crippen LogP contribution < -0.4 is 5.73 Å². The molecule has 4 fully saturated rings. The number of benzene rings is 1. The molecule has 75 heavy (non-hydrogen) atoms. The van der Waals surface area contributed by atoms with Crippen LogP contribution in [0.1, 0.15) is 118 Å². The number of Topliss-reactive ketones (excluding diaryl/α,β-unsaturated/α-hetero) is 1. The lowest BCUT2D eigenvalue weighted by molar-refractivity contribution is -0.299. The molecule has 424 valence electrons. The van der Waals surface area contributed by atoms with Crippen molar-refractivity contribution >= 4 is 27.6 Å². The van der Waals surface area contributed by atoms with Crippen LogP contribution in [0, 0.1) is 29.6 Å². The fraction of sp³-hybridized carbons (Fsp3) is 0.792. The van der Waals surface area contributed by atoms with Gasteiger partial charge in [-0.15, -0.1) is 5.10 Å². The highest BCUT2D eigenvalue weighted by Crippen LogP contribution is 2.47. The topological polar surface area (TPSA) is 260 Å². The number of halogens is 1. The van der Waals surface area contributed by atoms with Crippen molar-refractivity contribution in [1.82, 2.24) is 19.9 Å². The second-order valence-corrected chi connectivity index (χ2v) is 24.4. The molecule has 20 nitrogen and oxygen atoms in total. The second-order valence-electron chi connectivity index (χ2n) is 22.4. The van der Waals surface area contributed by atoms with Crippen molar-refractivity contribution in [2.75, 3.05) is 47.9 Å². The zero-order chi connectivity index (χ0) is 55.7. The van der Waals surface area contributed by atoms with Gasteiger partial charge >= 0.3 is 11.9 Å². The Balaban J connectivity index is 1.31. The number of carbonyl (C=O) groups is 3. The molecule has 5 heterocycles. The van der Waals surface area contributed by atoms with Gasteiger partial charge in [-0.1, -0.05) is 45.0 Å². The standard InChI is InChI=1S/C53H84FN5O15S/c1-15-40-53(9)36(23-41(60)74-53)30(4)44(61)28(2)24-52(8,69-13)48(43(55)42(31(5)49(64)72-40)39-25-51(7,68-12)47(63)32(6)71-39)73-50-45(62)37(22-29(3)70-50)58(10)21-20-34-27-59(57-56-34)38(26-54)46(67-11)33-16-18-35(19-17-33)75(14,65)66/h16-19,27-32,36-40,42-43,45-48,50,62-63H,15,20-26,55H2,1-14H3/t28-,29-,30-,31-,32+,36-,37+,38-,39?,40-,42+,43+,45-,46-,47+,48-,50+,51-,52-,53+/m1/s1. The van der Waals surface area contributed by atoms with E-state index in [1.54, 1.807) is 66.8 Å². The average molecular weight is 1080 g/mol. The molecule has 20 atom stereocenters. The number of cyclic esters (lactones) is 1. The van der Waals surface area contributed by atoms with Gasteiger partial charge in [0.05, 0.1) is 52.4 Å². The summed E-state index contributed by atoms with van der Waals surface area (Å²) in [4.78, 5) is 44.7. The summed E-state index contributed by atoms with van der Waals surface area (Å²) >= 11 is 0. The van der Waals surface area contributed by atoms with Gasteiger partial charge in [0.2, 0.25) is 0 Å². The summed E-state index contributed by atoms with van der Waals surface area (Å²) in [5.74, 6) is -5.28. The third-order valence-electron chi connectivity index (χ3n) is 17.2. The van der Waals surface area contributed by atoms with Gasteiger partial charge in [-0.2, -0.15) is 0 Å². The number of nitrogens with zero attached hydrogens (tertiary/aromatic N) is 4. The molecule has 0 radical (unpaired) electrons. The van der Waals surface area contributed by atoms with Crippen LogP contribution in [0.25, 0.3) is 0 Å². The van der Waals surface area contributed by atoms with E-state index in [0.29, 0.717) is 30.6 Å². The molecule has 2 aromatic rings. The monoisotopic (exact) mass is 1080 g/mol. The first-order valence-electron chi connectivity index (χ1n) is 26.3. The molecular formula is C53H84FN5O15S. The predicted molar refractivity (Wildman–Crippen MR) is 271 cm³/mol. The van der Waals surface area contributed by atoms with Crippen LogP contribution >= 0.6 is 0 Å². The molecule has 0 bridgehead atoms. The number of aromatic nitrogens is 3.